The lowest BCUT2D eigenvalue weighted by molar-refractivity contribution is -0.161. The van der Waals surface area contributed by atoms with Crippen LogP contribution in [0.25, 0.3) is 22.8 Å². The van der Waals surface area contributed by atoms with Gasteiger partial charge in [-0.1, -0.05) is 0 Å². The zero-order valence-corrected chi connectivity index (χ0v) is 17.3. The van der Waals surface area contributed by atoms with Crippen LogP contribution in [0.3, 0.4) is 0 Å². The van der Waals surface area contributed by atoms with E-state index < -0.39 is 23.0 Å². The fourth-order valence-corrected chi connectivity index (χ4v) is 3.07. The lowest BCUT2D eigenvalue weighted by atomic mass is 9.95. The molecule has 0 radical (unpaired) electrons. The number of pyridine rings is 1. The molecule has 0 saturated heterocycles. The second-order valence-electron chi connectivity index (χ2n) is 8.38. The Balaban J connectivity index is 1.45. The maximum atomic E-state index is 13.3. The van der Waals surface area contributed by atoms with Gasteiger partial charge < -0.3 is 14.8 Å². The van der Waals surface area contributed by atoms with Crippen molar-refractivity contribution in [3.63, 3.8) is 0 Å². The van der Waals surface area contributed by atoms with Crippen LogP contribution < -0.4 is 4.74 Å². The molecule has 1 saturated carbocycles. The lowest BCUT2D eigenvalue weighted by Crippen LogP contribution is -2.30. The number of hydrogen-bond acceptors (Lipinski definition) is 6. The normalized spacial score (nSPS) is 15.4. The third-order valence-corrected chi connectivity index (χ3v) is 5.47. The van der Waals surface area contributed by atoms with Crippen LogP contribution in [0.4, 0.5) is 13.2 Å². The number of H-pyrrole nitrogens is 1. The molecule has 0 aliphatic heterocycles. The predicted octanol–water partition coefficient (Wildman–Crippen LogP) is 4.01. The minimum Gasteiger partial charge on any atom is -0.481 e. The number of carboxylic acids is 1. The van der Waals surface area contributed by atoms with E-state index in [1.54, 1.807) is 26.0 Å². The van der Waals surface area contributed by atoms with E-state index in [4.69, 9.17) is 9.84 Å². The van der Waals surface area contributed by atoms with E-state index in [1.165, 1.54) is 24.8 Å². The summed E-state index contributed by atoms with van der Waals surface area (Å²) in [6.07, 6.45) is 1.38. The second-order valence-corrected chi connectivity index (χ2v) is 8.38. The molecule has 11 heteroatoms. The van der Waals surface area contributed by atoms with Crippen LogP contribution in [-0.2, 0) is 10.2 Å². The van der Waals surface area contributed by atoms with Gasteiger partial charge in [0, 0.05) is 18.0 Å². The molecule has 0 spiro atoms. The van der Waals surface area contributed by atoms with Crippen molar-refractivity contribution >= 4 is 5.97 Å². The van der Waals surface area contributed by atoms with E-state index >= 15 is 0 Å². The SMILES string of the molecule is CC(C)(COc1cnc(-c2ccc(-c3ncc(C4(C(F)(F)F)CC4)[nH]3)nc2)cn1)C(=O)O. The van der Waals surface area contributed by atoms with Crippen LogP contribution in [0.15, 0.2) is 36.9 Å². The zero-order valence-electron chi connectivity index (χ0n) is 17.3. The lowest BCUT2D eigenvalue weighted by Gasteiger charge is -2.18. The fourth-order valence-electron chi connectivity index (χ4n) is 3.07. The van der Waals surface area contributed by atoms with E-state index in [-0.39, 0.29) is 36.8 Å². The Hall–Kier alpha value is -3.50. The molecule has 168 valence electrons. The van der Waals surface area contributed by atoms with Crippen LogP contribution in [0, 0.1) is 5.41 Å². The molecule has 0 bridgehead atoms. The highest BCUT2D eigenvalue weighted by Gasteiger charge is 2.65. The van der Waals surface area contributed by atoms with Gasteiger partial charge in [-0.05, 0) is 38.8 Å². The number of carbonyl (C=O) groups is 1. The van der Waals surface area contributed by atoms with E-state index in [1.807, 2.05) is 0 Å². The van der Waals surface area contributed by atoms with Crippen LogP contribution in [-0.4, -0.2) is 48.8 Å². The number of halogens is 3. The first-order valence-corrected chi connectivity index (χ1v) is 9.79. The van der Waals surface area contributed by atoms with Crippen molar-refractivity contribution in [1.29, 1.82) is 0 Å². The number of aromatic nitrogens is 5. The molecule has 0 amide bonds. The molecule has 1 aliphatic carbocycles. The van der Waals surface area contributed by atoms with Crippen molar-refractivity contribution in [2.24, 2.45) is 5.41 Å². The molecule has 4 rings (SSSR count). The summed E-state index contributed by atoms with van der Waals surface area (Å²) >= 11 is 0. The summed E-state index contributed by atoms with van der Waals surface area (Å²) in [5, 5.41) is 9.12. The van der Waals surface area contributed by atoms with Crippen LogP contribution in [0.1, 0.15) is 32.4 Å². The van der Waals surface area contributed by atoms with Crippen molar-refractivity contribution in [1.82, 2.24) is 24.9 Å². The number of alkyl halides is 3. The quantitative estimate of drug-likeness (QED) is 0.562. The maximum absolute atomic E-state index is 13.3. The van der Waals surface area contributed by atoms with Crippen molar-refractivity contribution in [3.05, 3.63) is 42.6 Å². The number of nitrogens with zero attached hydrogens (tertiary/aromatic N) is 4. The summed E-state index contributed by atoms with van der Waals surface area (Å²) in [5.74, 6) is -0.532. The smallest absolute Gasteiger partial charge is 0.399 e. The first-order chi connectivity index (χ1) is 15.0. The molecule has 1 aliphatic rings. The Morgan fingerprint density at radius 1 is 1.06 bits per heavy atom. The number of carboxylic acid groups (broad SMARTS) is 1. The molecule has 3 heterocycles. The van der Waals surface area contributed by atoms with Gasteiger partial charge in [0.2, 0.25) is 5.88 Å². The highest BCUT2D eigenvalue weighted by atomic mass is 19.4. The number of ether oxygens (including phenoxy) is 1. The molecule has 0 aromatic carbocycles. The monoisotopic (exact) mass is 447 g/mol. The Bertz CT molecular complexity index is 1120. The van der Waals surface area contributed by atoms with Gasteiger partial charge in [-0.3, -0.25) is 9.78 Å². The molecule has 3 aromatic heterocycles. The number of aromatic amines is 1. The summed E-state index contributed by atoms with van der Waals surface area (Å²) in [6, 6.07) is 3.34. The number of imidazole rings is 1. The molecule has 0 unspecified atom stereocenters. The molecule has 2 N–H and O–H groups in total. The maximum Gasteiger partial charge on any atom is 0.399 e. The summed E-state index contributed by atoms with van der Waals surface area (Å²) < 4.78 is 45.3. The van der Waals surface area contributed by atoms with E-state index in [0.29, 0.717) is 17.0 Å². The zero-order chi connectivity index (χ0) is 23.1. The highest BCUT2D eigenvalue weighted by Crippen LogP contribution is 2.58. The third kappa shape index (κ3) is 4.02. The molecule has 0 atom stereocenters. The van der Waals surface area contributed by atoms with Crippen molar-refractivity contribution in [2.75, 3.05) is 6.61 Å². The standard InChI is InChI=1S/C21H20F3N5O3/c1-19(2,18(30)31)11-32-16-10-26-14(8-27-16)12-3-4-13(25-7-12)17-28-9-15(29-17)20(5-6-20)21(22,23)24/h3-4,7-10H,5-6,11H2,1-2H3,(H,28,29)(H,30,31). The molecular formula is C21H20F3N5O3. The third-order valence-electron chi connectivity index (χ3n) is 5.47. The Morgan fingerprint density at radius 2 is 1.78 bits per heavy atom. The predicted molar refractivity (Wildman–Crippen MR) is 107 cm³/mol. The molecule has 8 nitrogen and oxygen atoms in total. The van der Waals surface area contributed by atoms with Gasteiger partial charge in [0.05, 0.1) is 29.2 Å². The average Bonchev–Trinajstić information content (AvgIpc) is 3.44. The van der Waals surface area contributed by atoms with E-state index in [2.05, 4.69) is 24.9 Å². The first-order valence-electron chi connectivity index (χ1n) is 9.79. The topological polar surface area (TPSA) is 114 Å². The van der Waals surface area contributed by atoms with Gasteiger partial charge in [0.25, 0.3) is 0 Å². The largest absolute Gasteiger partial charge is 0.481 e. The molecule has 1 fully saturated rings. The van der Waals surface area contributed by atoms with Gasteiger partial charge in [-0.2, -0.15) is 13.2 Å². The van der Waals surface area contributed by atoms with Gasteiger partial charge >= 0.3 is 12.1 Å². The minimum absolute atomic E-state index is 0.0523. The first kappa shape index (κ1) is 21.7. The Kier molecular flexibility index (Phi) is 5.14. The highest BCUT2D eigenvalue weighted by molar-refractivity contribution is 5.73. The number of nitrogens with one attached hydrogen (secondary N) is 1. The molecule has 32 heavy (non-hydrogen) atoms. The minimum atomic E-state index is -4.31. The summed E-state index contributed by atoms with van der Waals surface area (Å²) in [7, 11) is 0. The van der Waals surface area contributed by atoms with Crippen LogP contribution >= 0.6 is 0 Å². The second kappa shape index (κ2) is 7.57. The fraction of sp³-hybridized carbons (Fsp3) is 0.381. The molecule has 3 aromatic rings. The van der Waals surface area contributed by atoms with Crippen LogP contribution in [0.5, 0.6) is 5.88 Å². The average molecular weight is 447 g/mol. The van der Waals surface area contributed by atoms with Gasteiger partial charge in [0.15, 0.2) is 5.82 Å². The van der Waals surface area contributed by atoms with Crippen LogP contribution in [0.2, 0.25) is 0 Å². The number of hydrogen-bond donors (Lipinski definition) is 2. The summed E-state index contributed by atoms with van der Waals surface area (Å²) in [5.41, 5.74) is -1.29. The van der Waals surface area contributed by atoms with Crippen molar-refractivity contribution in [2.45, 2.75) is 38.3 Å². The Labute approximate surface area is 180 Å². The number of rotatable bonds is 7. The van der Waals surface area contributed by atoms with Crippen molar-refractivity contribution in [3.8, 4) is 28.7 Å². The summed E-state index contributed by atoms with van der Waals surface area (Å²) in [6.45, 7) is 3.02. The van der Waals surface area contributed by atoms with Gasteiger partial charge in [-0.25, -0.2) is 15.0 Å². The van der Waals surface area contributed by atoms with Gasteiger partial charge in [-0.15, -0.1) is 0 Å². The molecular weight excluding hydrogens is 427 g/mol. The van der Waals surface area contributed by atoms with Gasteiger partial charge in [0.1, 0.15) is 17.7 Å². The van der Waals surface area contributed by atoms with Crippen molar-refractivity contribution < 1.29 is 27.8 Å². The number of aliphatic carboxylic acids is 1. The van der Waals surface area contributed by atoms with E-state index in [0.717, 1.165) is 0 Å². The summed E-state index contributed by atoms with van der Waals surface area (Å²) in [4.78, 5) is 30.6. The van der Waals surface area contributed by atoms with E-state index in [9.17, 15) is 18.0 Å². The Morgan fingerprint density at radius 3 is 2.31 bits per heavy atom.